The molecule has 0 saturated heterocycles. The van der Waals surface area contributed by atoms with Gasteiger partial charge in [-0.1, -0.05) is 33.6 Å². The normalized spacial score (nSPS) is 13.2. The molecule has 0 spiro atoms. The number of fused-ring (bicyclic) bond motifs is 1. The quantitative estimate of drug-likeness (QED) is 0.106. The number of methoxy groups -OCH3 is 1. The maximum Gasteiger partial charge on any atom is 0.343 e. The molecule has 1 aliphatic rings. The van der Waals surface area contributed by atoms with Gasteiger partial charge in [-0.15, -0.1) is 0 Å². The van der Waals surface area contributed by atoms with Gasteiger partial charge in [-0.25, -0.2) is 14.8 Å². The van der Waals surface area contributed by atoms with E-state index in [-0.39, 0.29) is 23.3 Å². The molecule has 1 aliphatic heterocycles. The van der Waals surface area contributed by atoms with E-state index in [1.165, 1.54) is 19.4 Å². The summed E-state index contributed by atoms with van der Waals surface area (Å²) < 4.78 is 11.2. The molecule has 4 rings (SSSR count). The number of esters is 1. The number of likely N-dealkylation sites (N-methyl/N-ethyl adjacent to an activating group) is 2. The molecule has 1 N–H and O–H groups in total. The molecule has 47 heavy (non-hydrogen) atoms. The van der Waals surface area contributed by atoms with Crippen molar-refractivity contribution in [2.24, 2.45) is 0 Å². The number of hydrogen-bond acceptors (Lipinski definition) is 12. The topological polar surface area (TPSA) is 139 Å². The lowest BCUT2D eigenvalue weighted by molar-refractivity contribution is -0.384. The number of nitrogens with zero attached hydrogens (tertiary/aromatic N) is 7. The minimum Gasteiger partial charge on any atom is -0.494 e. The number of ether oxygens (including phenoxy) is 2. The van der Waals surface area contributed by atoms with Gasteiger partial charge in [-0.2, -0.15) is 4.98 Å². The van der Waals surface area contributed by atoms with Crippen LogP contribution in [-0.2, 0) is 10.2 Å². The van der Waals surface area contributed by atoms with Crippen LogP contribution in [0.4, 0.5) is 34.5 Å². The van der Waals surface area contributed by atoms with E-state index in [4.69, 9.17) is 19.4 Å². The summed E-state index contributed by atoms with van der Waals surface area (Å²) in [6.45, 7) is 17.2. The third kappa shape index (κ3) is 7.72. The van der Waals surface area contributed by atoms with E-state index in [1.807, 2.05) is 29.0 Å². The lowest BCUT2D eigenvalue weighted by Crippen LogP contribution is -2.33. The number of carbonyl (C=O) groups excluding carboxylic acids is 1. The fourth-order valence-electron chi connectivity index (χ4n) is 5.52. The molecule has 1 aromatic carbocycles. The van der Waals surface area contributed by atoms with Crippen LogP contribution in [0, 0.1) is 22.0 Å². The van der Waals surface area contributed by atoms with Crippen molar-refractivity contribution < 1.29 is 19.2 Å². The number of nitro benzene ring substituents is 1. The highest BCUT2D eigenvalue weighted by molar-refractivity contribution is 5.96. The average molecular weight is 645 g/mol. The summed E-state index contributed by atoms with van der Waals surface area (Å²) in [5, 5.41) is 15.4. The second kappa shape index (κ2) is 14.6. The van der Waals surface area contributed by atoms with Crippen LogP contribution in [0.25, 0.3) is 0 Å². The van der Waals surface area contributed by atoms with Crippen LogP contribution in [-0.4, -0.2) is 83.7 Å². The summed E-state index contributed by atoms with van der Waals surface area (Å²) in [6.07, 6.45) is 1.04. The Labute approximate surface area is 276 Å². The number of pyridine rings is 1. The number of hydrogen-bond donors (Lipinski definition) is 1. The third-order valence-corrected chi connectivity index (χ3v) is 8.00. The molecule has 0 unspecified atom stereocenters. The van der Waals surface area contributed by atoms with Crippen molar-refractivity contribution >= 4 is 40.5 Å². The van der Waals surface area contributed by atoms with Crippen LogP contribution >= 0.6 is 0 Å². The highest BCUT2D eigenvalue weighted by Crippen LogP contribution is 2.44. The number of nitro groups is 1. The van der Waals surface area contributed by atoms with Gasteiger partial charge >= 0.3 is 5.97 Å². The predicted molar refractivity (Wildman–Crippen MR) is 183 cm³/mol. The van der Waals surface area contributed by atoms with Crippen molar-refractivity contribution in [3.05, 3.63) is 57.5 Å². The van der Waals surface area contributed by atoms with E-state index in [2.05, 4.69) is 54.7 Å². The van der Waals surface area contributed by atoms with Crippen LogP contribution in [0.1, 0.15) is 70.2 Å². The first kappa shape index (κ1) is 34.9. The van der Waals surface area contributed by atoms with Crippen molar-refractivity contribution in [2.75, 3.05) is 62.0 Å². The van der Waals surface area contributed by atoms with Gasteiger partial charge in [0.25, 0.3) is 5.69 Å². The predicted octanol–water partition coefficient (Wildman–Crippen LogP) is 5.68. The molecule has 0 amide bonds. The first-order valence-electron chi connectivity index (χ1n) is 15.7. The Hall–Kier alpha value is -4.96. The van der Waals surface area contributed by atoms with E-state index >= 15 is 0 Å². The summed E-state index contributed by atoms with van der Waals surface area (Å²) in [5.41, 5.74) is 2.67. The van der Waals surface area contributed by atoms with Crippen LogP contribution < -0.4 is 19.9 Å². The Morgan fingerprint density at radius 2 is 1.91 bits per heavy atom. The minimum absolute atomic E-state index is 0.0972. The number of carbonyl (C=O) groups is 1. The number of rotatable bonds is 13. The Balaban J connectivity index is 1.78. The lowest BCUT2D eigenvalue weighted by Gasteiger charge is -2.25. The summed E-state index contributed by atoms with van der Waals surface area (Å²) in [5.74, 6) is 6.14. The van der Waals surface area contributed by atoms with Crippen molar-refractivity contribution in [1.29, 1.82) is 0 Å². The van der Waals surface area contributed by atoms with Gasteiger partial charge in [-0.3, -0.25) is 10.1 Å². The van der Waals surface area contributed by atoms with E-state index < -0.39 is 16.3 Å². The smallest absolute Gasteiger partial charge is 0.343 e. The standard InChI is InChI=1S/C34H44N8O5/c1-10-13-23-14-15-26-30(36-23)34(6,7)21-41(26)31-24(32(43)47-22(4)5)20-35-33(38-31)37-25-18-28(42(44)45)27(19-29(25)46-9)39(8)16-17-40(11-2)12-3/h14-15,18-20,22H,11-12,16-17,21H2,1-9H3,(H,35,37,38). The van der Waals surface area contributed by atoms with Gasteiger partial charge in [0.05, 0.1) is 35.2 Å². The number of benzene rings is 1. The summed E-state index contributed by atoms with van der Waals surface area (Å²) in [4.78, 5) is 45.2. The summed E-state index contributed by atoms with van der Waals surface area (Å²) in [7, 11) is 3.32. The van der Waals surface area contributed by atoms with Crippen LogP contribution in [0.15, 0.2) is 30.5 Å². The van der Waals surface area contributed by atoms with Crippen molar-refractivity contribution in [2.45, 2.75) is 60.0 Å². The third-order valence-electron chi connectivity index (χ3n) is 8.00. The molecule has 13 heteroatoms. The van der Waals surface area contributed by atoms with Gasteiger partial charge in [0.2, 0.25) is 5.95 Å². The fraction of sp³-hybridized carbons (Fsp3) is 0.471. The Kier molecular flexibility index (Phi) is 10.9. The SMILES string of the molecule is CC#Cc1ccc2c(n1)C(C)(C)CN2c1nc(Nc2cc([N+](=O)[O-])c(N(C)CCN(CC)CC)cc2OC)ncc1C(=O)OC(C)C. The highest BCUT2D eigenvalue weighted by Gasteiger charge is 2.40. The Morgan fingerprint density at radius 1 is 1.19 bits per heavy atom. The van der Waals surface area contributed by atoms with Gasteiger partial charge in [0.1, 0.15) is 22.7 Å². The molecule has 13 nitrogen and oxygen atoms in total. The van der Waals surface area contributed by atoms with E-state index in [1.54, 1.807) is 26.8 Å². The van der Waals surface area contributed by atoms with E-state index in [0.29, 0.717) is 41.7 Å². The van der Waals surface area contributed by atoms with Gasteiger partial charge in [0, 0.05) is 50.4 Å². The van der Waals surface area contributed by atoms with Crippen molar-refractivity contribution in [1.82, 2.24) is 19.9 Å². The Morgan fingerprint density at radius 3 is 2.53 bits per heavy atom. The van der Waals surface area contributed by atoms with Crippen LogP contribution in [0.5, 0.6) is 5.75 Å². The summed E-state index contributed by atoms with van der Waals surface area (Å²) >= 11 is 0. The number of nitrogens with one attached hydrogen (secondary N) is 1. The van der Waals surface area contributed by atoms with Gasteiger partial charge < -0.3 is 29.5 Å². The highest BCUT2D eigenvalue weighted by atomic mass is 16.6. The first-order valence-corrected chi connectivity index (χ1v) is 15.7. The molecule has 0 bridgehead atoms. The maximum atomic E-state index is 13.3. The fourth-order valence-corrected chi connectivity index (χ4v) is 5.52. The average Bonchev–Trinajstić information content (AvgIpc) is 3.30. The van der Waals surface area contributed by atoms with Gasteiger partial charge in [0.15, 0.2) is 5.82 Å². The number of aromatic nitrogens is 3. The van der Waals surface area contributed by atoms with Crippen LogP contribution in [0.3, 0.4) is 0 Å². The number of anilines is 5. The maximum absolute atomic E-state index is 13.3. The largest absolute Gasteiger partial charge is 0.494 e. The molecule has 3 heterocycles. The second-order valence-electron chi connectivity index (χ2n) is 12.2. The molecule has 0 saturated carbocycles. The molecule has 3 aromatic rings. The van der Waals surface area contributed by atoms with Crippen molar-refractivity contribution in [3.8, 4) is 17.6 Å². The molecule has 0 aliphatic carbocycles. The van der Waals surface area contributed by atoms with Crippen LogP contribution in [0.2, 0.25) is 0 Å². The molecular weight excluding hydrogens is 600 g/mol. The molecular formula is C34H44N8O5. The minimum atomic E-state index is -0.570. The lowest BCUT2D eigenvalue weighted by atomic mass is 9.91. The molecule has 0 radical (unpaired) electrons. The monoisotopic (exact) mass is 644 g/mol. The van der Waals surface area contributed by atoms with E-state index in [9.17, 15) is 14.9 Å². The zero-order valence-electron chi connectivity index (χ0n) is 28.7. The zero-order chi connectivity index (χ0) is 34.5. The molecule has 2 aromatic heterocycles. The zero-order valence-corrected chi connectivity index (χ0v) is 28.7. The first-order chi connectivity index (χ1) is 22.3. The molecule has 250 valence electrons. The van der Waals surface area contributed by atoms with Gasteiger partial charge in [-0.05, 0) is 51.9 Å². The summed E-state index contributed by atoms with van der Waals surface area (Å²) in [6, 6.07) is 6.81. The molecule has 0 atom stereocenters. The second-order valence-corrected chi connectivity index (χ2v) is 12.2. The molecule has 0 fully saturated rings. The van der Waals surface area contributed by atoms with Crippen molar-refractivity contribution in [3.63, 3.8) is 0 Å². The Bertz CT molecular complexity index is 1690. The van der Waals surface area contributed by atoms with E-state index in [0.717, 1.165) is 31.0 Å².